The number of nitrogens with two attached hydrogens (primary N) is 1. The van der Waals surface area contributed by atoms with Gasteiger partial charge in [-0.2, -0.15) is 0 Å². The van der Waals surface area contributed by atoms with Crippen LogP contribution in [0.15, 0.2) is 54.6 Å². The largest absolute Gasteiger partial charge is 0.489 e. The summed E-state index contributed by atoms with van der Waals surface area (Å²) in [7, 11) is 0. The summed E-state index contributed by atoms with van der Waals surface area (Å²) in [5.74, 6) is 0.754. The first kappa shape index (κ1) is 16.0. The van der Waals surface area contributed by atoms with Gasteiger partial charge < -0.3 is 15.4 Å². The average Bonchev–Trinajstić information content (AvgIpc) is 2.58. The summed E-state index contributed by atoms with van der Waals surface area (Å²) in [6.45, 7) is 4.16. The number of nitrogens with zero attached hydrogens (tertiary/aromatic N) is 1. The Hall–Kier alpha value is -2.33. The van der Waals surface area contributed by atoms with E-state index in [1.807, 2.05) is 49.4 Å². The second kappa shape index (κ2) is 8.20. The molecule has 0 spiro atoms. The molecule has 2 aromatic rings. The third-order valence-corrected chi connectivity index (χ3v) is 3.42. The molecule has 2 aromatic carbocycles. The molecule has 4 heteroatoms. The first-order valence-corrected chi connectivity index (χ1v) is 7.50. The molecule has 0 atom stereocenters. The zero-order valence-corrected chi connectivity index (χ0v) is 12.9. The molecule has 116 valence electrons. The van der Waals surface area contributed by atoms with Crippen molar-refractivity contribution in [2.45, 2.75) is 13.5 Å². The summed E-state index contributed by atoms with van der Waals surface area (Å²) in [5, 5.41) is 0. The van der Waals surface area contributed by atoms with Gasteiger partial charge in [-0.05, 0) is 36.8 Å². The van der Waals surface area contributed by atoms with E-state index in [2.05, 4.69) is 0 Å². The van der Waals surface area contributed by atoms with Crippen LogP contribution in [0.25, 0.3) is 0 Å². The Bertz CT molecular complexity index is 582. The number of benzene rings is 2. The van der Waals surface area contributed by atoms with Gasteiger partial charge in [0.05, 0.1) is 0 Å². The molecule has 0 bridgehead atoms. The molecular formula is C18H22N2O2. The molecule has 0 aromatic heterocycles. The SMILES string of the molecule is CCN(CCN)C(=O)c1ccc(OCc2ccccc2)cc1. The number of rotatable bonds is 7. The van der Waals surface area contributed by atoms with Crippen molar-refractivity contribution in [3.8, 4) is 5.75 Å². The molecule has 0 radical (unpaired) electrons. The number of carbonyl (C=O) groups excluding carboxylic acids is 1. The monoisotopic (exact) mass is 298 g/mol. The van der Waals surface area contributed by atoms with Crippen molar-refractivity contribution in [2.24, 2.45) is 5.73 Å². The Kier molecular flexibility index (Phi) is 5.98. The molecule has 0 unspecified atom stereocenters. The minimum absolute atomic E-state index is 0.00237. The summed E-state index contributed by atoms with van der Waals surface area (Å²) in [6.07, 6.45) is 0. The van der Waals surface area contributed by atoms with Crippen LogP contribution >= 0.6 is 0 Å². The van der Waals surface area contributed by atoms with Crippen LogP contribution in [-0.4, -0.2) is 30.4 Å². The first-order valence-electron chi connectivity index (χ1n) is 7.50. The fourth-order valence-electron chi connectivity index (χ4n) is 2.18. The van der Waals surface area contributed by atoms with Crippen LogP contribution in [0.5, 0.6) is 5.75 Å². The van der Waals surface area contributed by atoms with Gasteiger partial charge in [0.1, 0.15) is 12.4 Å². The van der Waals surface area contributed by atoms with Crippen molar-refractivity contribution in [2.75, 3.05) is 19.6 Å². The fourth-order valence-corrected chi connectivity index (χ4v) is 2.18. The highest BCUT2D eigenvalue weighted by molar-refractivity contribution is 5.94. The summed E-state index contributed by atoms with van der Waals surface area (Å²) in [4.78, 5) is 14.0. The van der Waals surface area contributed by atoms with Crippen LogP contribution in [0.1, 0.15) is 22.8 Å². The van der Waals surface area contributed by atoms with Crippen LogP contribution in [0.3, 0.4) is 0 Å². The Balaban J connectivity index is 1.96. The molecule has 0 heterocycles. The van der Waals surface area contributed by atoms with Crippen molar-refractivity contribution in [1.82, 2.24) is 4.90 Å². The number of hydrogen-bond donors (Lipinski definition) is 1. The molecule has 0 saturated carbocycles. The molecule has 2 N–H and O–H groups in total. The highest BCUT2D eigenvalue weighted by Crippen LogP contribution is 2.15. The summed E-state index contributed by atoms with van der Waals surface area (Å²) in [5.41, 5.74) is 7.29. The van der Waals surface area contributed by atoms with Crippen molar-refractivity contribution in [3.63, 3.8) is 0 Å². The predicted molar refractivity (Wildman–Crippen MR) is 87.8 cm³/mol. The number of hydrogen-bond acceptors (Lipinski definition) is 3. The standard InChI is InChI=1S/C18H22N2O2/c1-2-20(13-12-19)18(21)16-8-10-17(11-9-16)22-14-15-6-4-3-5-7-15/h3-11H,2,12-14,19H2,1H3. The maximum Gasteiger partial charge on any atom is 0.253 e. The van der Waals surface area contributed by atoms with Crippen LogP contribution in [-0.2, 0) is 6.61 Å². The lowest BCUT2D eigenvalue weighted by atomic mass is 10.2. The van der Waals surface area contributed by atoms with Crippen LogP contribution in [0, 0.1) is 0 Å². The second-order valence-electron chi connectivity index (χ2n) is 4.97. The molecule has 0 aliphatic carbocycles. The van der Waals surface area contributed by atoms with Crippen LogP contribution in [0.2, 0.25) is 0 Å². The third kappa shape index (κ3) is 4.33. The smallest absolute Gasteiger partial charge is 0.253 e. The van der Waals surface area contributed by atoms with E-state index in [0.717, 1.165) is 11.3 Å². The summed E-state index contributed by atoms with van der Waals surface area (Å²) < 4.78 is 5.72. The third-order valence-electron chi connectivity index (χ3n) is 3.42. The Morgan fingerprint density at radius 1 is 1.09 bits per heavy atom. The van der Waals surface area contributed by atoms with E-state index in [1.54, 1.807) is 17.0 Å². The molecule has 0 saturated heterocycles. The normalized spacial score (nSPS) is 10.3. The van der Waals surface area contributed by atoms with E-state index in [4.69, 9.17) is 10.5 Å². The molecule has 0 fully saturated rings. The average molecular weight is 298 g/mol. The minimum Gasteiger partial charge on any atom is -0.489 e. The van der Waals surface area contributed by atoms with Gasteiger partial charge >= 0.3 is 0 Å². The van der Waals surface area contributed by atoms with E-state index >= 15 is 0 Å². The predicted octanol–water partition coefficient (Wildman–Crippen LogP) is 2.69. The van der Waals surface area contributed by atoms with Gasteiger partial charge in [-0.3, -0.25) is 4.79 Å². The first-order chi connectivity index (χ1) is 10.7. The van der Waals surface area contributed by atoms with Crippen molar-refractivity contribution in [1.29, 1.82) is 0 Å². The lowest BCUT2D eigenvalue weighted by Gasteiger charge is -2.20. The van der Waals surface area contributed by atoms with E-state index in [-0.39, 0.29) is 5.91 Å². The van der Waals surface area contributed by atoms with Gasteiger partial charge in [-0.1, -0.05) is 30.3 Å². The molecule has 2 rings (SSSR count). The van der Waals surface area contributed by atoms with Crippen molar-refractivity contribution < 1.29 is 9.53 Å². The van der Waals surface area contributed by atoms with Crippen molar-refractivity contribution >= 4 is 5.91 Å². The van der Waals surface area contributed by atoms with Gasteiger partial charge in [-0.25, -0.2) is 0 Å². The lowest BCUT2D eigenvalue weighted by Crippen LogP contribution is -2.35. The number of ether oxygens (including phenoxy) is 1. The Labute approximate surface area is 131 Å². The van der Waals surface area contributed by atoms with E-state index in [9.17, 15) is 4.79 Å². The quantitative estimate of drug-likeness (QED) is 0.855. The Morgan fingerprint density at radius 3 is 2.36 bits per heavy atom. The molecule has 0 aliphatic heterocycles. The Morgan fingerprint density at radius 2 is 1.77 bits per heavy atom. The zero-order chi connectivity index (χ0) is 15.8. The zero-order valence-electron chi connectivity index (χ0n) is 12.9. The number of likely N-dealkylation sites (N-methyl/N-ethyl adjacent to an activating group) is 1. The highest BCUT2D eigenvalue weighted by Gasteiger charge is 2.13. The summed E-state index contributed by atoms with van der Waals surface area (Å²) in [6, 6.07) is 17.2. The maximum atomic E-state index is 12.3. The number of carbonyl (C=O) groups is 1. The number of amides is 1. The second-order valence-corrected chi connectivity index (χ2v) is 4.97. The van der Waals surface area contributed by atoms with Gasteiger partial charge in [0.15, 0.2) is 0 Å². The molecule has 4 nitrogen and oxygen atoms in total. The van der Waals surface area contributed by atoms with Crippen LogP contribution in [0.4, 0.5) is 0 Å². The van der Waals surface area contributed by atoms with E-state index in [1.165, 1.54) is 0 Å². The molecule has 0 aliphatic rings. The maximum absolute atomic E-state index is 12.3. The molecule has 1 amide bonds. The van der Waals surface area contributed by atoms with Gasteiger partial charge in [0.25, 0.3) is 5.91 Å². The van der Waals surface area contributed by atoms with E-state index < -0.39 is 0 Å². The van der Waals surface area contributed by atoms with Crippen LogP contribution < -0.4 is 10.5 Å². The molecule has 22 heavy (non-hydrogen) atoms. The summed E-state index contributed by atoms with van der Waals surface area (Å²) >= 11 is 0. The highest BCUT2D eigenvalue weighted by atomic mass is 16.5. The molecular weight excluding hydrogens is 276 g/mol. The lowest BCUT2D eigenvalue weighted by molar-refractivity contribution is 0.0769. The fraction of sp³-hybridized carbons (Fsp3) is 0.278. The van der Waals surface area contributed by atoms with Gasteiger partial charge in [0, 0.05) is 25.2 Å². The van der Waals surface area contributed by atoms with Gasteiger partial charge in [-0.15, -0.1) is 0 Å². The van der Waals surface area contributed by atoms with Crippen molar-refractivity contribution in [3.05, 3.63) is 65.7 Å². The van der Waals surface area contributed by atoms with E-state index in [0.29, 0.717) is 31.8 Å². The van der Waals surface area contributed by atoms with Gasteiger partial charge in [0.2, 0.25) is 0 Å². The topological polar surface area (TPSA) is 55.6 Å². The minimum atomic E-state index is 0.00237.